The van der Waals surface area contributed by atoms with Gasteiger partial charge in [-0.2, -0.15) is 5.26 Å². The van der Waals surface area contributed by atoms with Crippen molar-refractivity contribution in [2.75, 3.05) is 18.9 Å². The molecule has 2 aromatic heterocycles. The van der Waals surface area contributed by atoms with Gasteiger partial charge in [-0.25, -0.2) is 9.97 Å². The van der Waals surface area contributed by atoms with E-state index in [0.29, 0.717) is 33.5 Å². The Kier molecular flexibility index (Phi) is 8.76. The number of nitrogens with two attached hydrogens (primary N) is 1. The van der Waals surface area contributed by atoms with Crippen LogP contribution >= 0.6 is 34.7 Å². The minimum atomic E-state index is 0.0120. The van der Waals surface area contributed by atoms with Gasteiger partial charge in [-0.15, -0.1) is 11.3 Å². The highest BCUT2D eigenvalue weighted by atomic mass is 35.5. The average Bonchev–Trinajstić information content (AvgIpc) is 3.35. The Bertz CT molecular complexity index is 1220. The molecular weight excluding hydrogens is 502 g/mol. The SMILES string of the molecule is N#Cc1c(N)nc(SCc2csc(-c3ccc(Cl)cc3)n2)c(C=N)c1C1CCC(OCCO)CC1. The first-order valence-electron chi connectivity index (χ1n) is 11.3. The lowest BCUT2D eigenvalue weighted by Crippen LogP contribution is -2.23. The third kappa shape index (κ3) is 6.02. The molecular formula is C25H26ClN5O2S2. The summed E-state index contributed by atoms with van der Waals surface area (Å²) in [5, 5.41) is 31.2. The van der Waals surface area contributed by atoms with Crippen molar-refractivity contribution in [2.45, 2.75) is 48.5 Å². The molecule has 1 aliphatic carbocycles. The molecule has 0 aliphatic heterocycles. The minimum absolute atomic E-state index is 0.0120. The molecule has 7 nitrogen and oxygen atoms in total. The Labute approximate surface area is 217 Å². The number of thiazole rings is 1. The number of aromatic nitrogens is 2. The summed E-state index contributed by atoms with van der Waals surface area (Å²) in [6.45, 7) is 0.349. The van der Waals surface area contributed by atoms with Gasteiger partial charge in [0, 0.05) is 33.5 Å². The van der Waals surface area contributed by atoms with E-state index >= 15 is 0 Å². The van der Waals surface area contributed by atoms with Crippen molar-refractivity contribution in [3.63, 3.8) is 0 Å². The lowest BCUT2D eigenvalue weighted by Gasteiger charge is -2.30. The molecule has 2 heterocycles. The summed E-state index contributed by atoms with van der Waals surface area (Å²) >= 11 is 9.03. The number of nitrogens with one attached hydrogen (secondary N) is 1. The normalized spacial score (nSPS) is 17.7. The molecule has 1 aliphatic rings. The largest absolute Gasteiger partial charge is 0.394 e. The molecule has 1 saturated carbocycles. The Morgan fingerprint density at radius 2 is 2.00 bits per heavy atom. The van der Waals surface area contributed by atoms with Crippen molar-refractivity contribution in [3.05, 3.63) is 57.1 Å². The van der Waals surface area contributed by atoms with Gasteiger partial charge < -0.3 is 21.0 Å². The minimum Gasteiger partial charge on any atom is -0.394 e. The molecule has 0 unspecified atom stereocenters. The van der Waals surface area contributed by atoms with Crippen LogP contribution < -0.4 is 5.73 Å². The second-order valence-electron chi connectivity index (χ2n) is 8.27. The standard InChI is InChI=1S/C25H26ClN5O2S2/c26-17-5-1-16(2-6-17)24-30-18(13-34-24)14-35-25-21(12-28)22(20(11-27)23(29)31-25)15-3-7-19(8-4-15)33-10-9-32/h1-2,5-6,12-13,15,19,28,32H,3-4,7-10,14H2,(H2,29,31). The first kappa shape index (κ1) is 25.6. The Morgan fingerprint density at radius 1 is 1.26 bits per heavy atom. The van der Waals surface area contributed by atoms with Crippen molar-refractivity contribution in [3.8, 4) is 16.6 Å². The van der Waals surface area contributed by atoms with Gasteiger partial charge in [0.15, 0.2) is 0 Å². The zero-order valence-corrected chi connectivity index (χ0v) is 21.4. The van der Waals surface area contributed by atoms with E-state index in [1.807, 2.05) is 29.6 Å². The number of benzene rings is 1. The van der Waals surface area contributed by atoms with Crippen LogP contribution in [0, 0.1) is 16.7 Å². The molecule has 182 valence electrons. The number of hydrogen-bond acceptors (Lipinski definition) is 9. The van der Waals surface area contributed by atoms with E-state index in [1.54, 1.807) is 11.3 Å². The molecule has 4 rings (SSSR count). The summed E-state index contributed by atoms with van der Waals surface area (Å²) in [6, 6.07) is 9.82. The van der Waals surface area contributed by atoms with E-state index in [1.165, 1.54) is 18.0 Å². The third-order valence-corrected chi connectivity index (χ3v) is 8.27. The number of thioether (sulfide) groups is 1. The molecule has 0 bridgehead atoms. The van der Waals surface area contributed by atoms with E-state index < -0.39 is 0 Å². The van der Waals surface area contributed by atoms with Crippen molar-refractivity contribution in [1.82, 2.24) is 9.97 Å². The van der Waals surface area contributed by atoms with Crippen LogP contribution in [0.25, 0.3) is 10.6 Å². The fourth-order valence-electron chi connectivity index (χ4n) is 4.38. The number of pyridine rings is 1. The van der Waals surface area contributed by atoms with Gasteiger partial charge in [0.2, 0.25) is 0 Å². The summed E-state index contributed by atoms with van der Waals surface area (Å²) in [7, 11) is 0. The number of halogens is 1. The van der Waals surface area contributed by atoms with Gasteiger partial charge in [0.05, 0.1) is 30.6 Å². The lowest BCUT2D eigenvalue weighted by molar-refractivity contribution is 0.00577. The van der Waals surface area contributed by atoms with Gasteiger partial charge in [0.1, 0.15) is 21.9 Å². The third-order valence-electron chi connectivity index (χ3n) is 6.05. The molecule has 0 radical (unpaired) electrons. The zero-order chi connectivity index (χ0) is 24.8. The number of ether oxygens (including phenoxy) is 1. The van der Waals surface area contributed by atoms with Crippen LogP contribution in [-0.4, -0.2) is 40.6 Å². The van der Waals surface area contributed by atoms with Crippen LogP contribution in [0.1, 0.15) is 54.0 Å². The van der Waals surface area contributed by atoms with E-state index in [0.717, 1.165) is 47.5 Å². The first-order valence-corrected chi connectivity index (χ1v) is 13.6. The highest BCUT2D eigenvalue weighted by molar-refractivity contribution is 7.98. The molecule has 1 fully saturated rings. The van der Waals surface area contributed by atoms with Crippen molar-refractivity contribution in [2.24, 2.45) is 0 Å². The van der Waals surface area contributed by atoms with Crippen LogP contribution in [0.2, 0.25) is 5.02 Å². The average molecular weight is 528 g/mol. The number of hydrogen-bond donors (Lipinski definition) is 3. The van der Waals surface area contributed by atoms with E-state index in [4.69, 9.17) is 37.6 Å². The highest BCUT2D eigenvalue weighted by Gasteiger charge is 2.29. The summed E-state index contributed by atoms with van der Waals surface area (Å²) < 4.78 is 5.69. The zero-order valence-electron chi connectivity index (χ0n) is 19.0. The second-order valence-corrected chi connectivity index (χ2v) is 10.5. The van der Waals surface area contributed by atoms with Crippen molar-refractivity contribution >= 4 is 46.7 Å². The van der Waals surface area contributed by atoms with E-state index in [9.17, 15) is 5.26 Å². The summed E-state index contributed by atoms with van der Waals surface area (Å²) in [5.74, 6) is 0.884. The molecule has 0 saturated heterocycles. The van der Waals surface area contributed by atoms with Crippen LogP contribution in [0.4, 0.5) is 5.82 Å². The van der Waals surface area contributed by atoms with E-state index in [-0.39, 0.29) is 24.4 Å². The molecule has 0 amide bonds. The van der Waals surface area contributed by atoms with Crippen LogP contribution in [-0.2, 0) is 10.5 Å². The maximum atomic E-state index is 9.82. The van der Waals surface area contributed by atoms with Gasteiger partial charge in [0.25, 0.3) is 0 Å². The quantitative estimate of drug-likeness (QED) is 0.242. The fourth-order valence-corrected chi connectivity index (χ4v) is 6.36. The predicted molar refractivity (Wildman–Crippen MR) is 141 cm³/mol. The van der Waals surface area contributed by atoms with Crippen LogP contribution in [0.3, 0.4) is 0 Å². The number of rotatable bonds is 9. The van der Waals surface area contributed by atoms with Gasteiger partial charge in [-0.05, 0) is 49.3 Å². The molecule has 10 heteroatoms. The molecule has 0 spiro atoms. The monoisotopic (exact) mass is 527 g/mol. The molecule has 0 atom stereocenters. The number of aliphatic hydroxyl groups excluding tert-OH is 1. The number of nitrogens with zero attached hydrogens (tertiary/aromatic N) is 3. The lowest BCUT2D eigenvalue weighted by atomic mass is 9.79. The Hall–Kier alpha value is -2.48. The summed E-state index contributed by atoms with van der Waals surface area (Å²) in [4.78, 5) is 9.23. The smallest absolute Gasteiger partial charge is 0.143 e. The van der Waals surface area contributed by atoms with E-state index in [2.05, 4.69) is 11.1 Å². The van der Waals surface area contributed by atoms with Crippen LogP contribution in [0.15, 0.2) is 34.7 Å². The van der Waals surface area contributed by atoms with Gasteiger partial charge in [-0.3, -0.25) is 0 Å². The maximum absolute atomic E-state index is 9.82. The maximum Gasteiger partial charge on any atom is 0.143 e. The van der Waals surface area contributed by atoms with Crippen molar-refractivity contribution in [1.29, 1.82) is 10.7 Å². The first-order chi connectivity index (χ1) is 17.0. The second kappa shape index (κ2) is 12.0. The van der Waals surface area contributed by atoms with Crippen LogP contribution in [0.5, 0.6) is 0 Å². The highest BCUT2D eigenvalue weighted by Crippen LogP contribution is 2.41. The van der Waals surface area contributed by atoms with Crippen molar-refractivity contribution < 1.29 is 9.84 Å². The number of nitrogen functional groups attached to an aromatic ring is 1. The van der Waals surface area contributed by atoms with Gasteiger partial charge in [-0.1, -0.05) is 35.5 Å². The molecule has 3 aromatic rings. The summed E-state index contributed by atoms with van der Waals surface area (Å²) in [6.07, 6.45) is 4.73. The molecule has 35 heavy (non-hydrogen) atoms. The van der Waals surface area contributed by atoms with Gasteiger partial charge >= 0.3 is 0 Å². The predicted octanol–water partition coefficient (Wildman–Crippen LogP) is 5.64. The topological polar surface area (TPSA) is 129 Å². The number of nitriles is 1. The molecule has 4 N–H and O–H groups in total. The summed E-state index contributed by atoms with van der Waals surface area (Å²) in [5.41, 5.74) is 9.99. The Balaban J connectivity index is 1.54. The fraction of sp³-hybridized carbons (Fsp3) is 0.360. The number of anilines is 1. The molecule has 1 aromatic carbocycles. The Morgan fingerprint density at radius 3 is 2.66 bits per heavy atom. The number of aliphatic hydroxyl groups is 1.